The molecule has 0 fully saturated rings. The van der Waals surface area contributed by atoms with E-state index in [4.69, 9.17) is 9.47 Å². The van der Waals surface area contributed by atoms with Crippen LogP contribution in [0.2, 0.25) is 0 Å². The highest BCUT2D eigenvalue weighted by molar-refractivity contribution is 5.92. The highest BCUT2D eigenvalue weighted by Gasteiger charge is 2.13. The van der Waals surface area contributed by atoms with Gasteiger partial charge >= 0.3 is 0 Å². The molecule has 0 aliphatic carbocycles. The van der Waals surface area contributed by atoms with E-state index in [1.54, 1.807) is 0 Å². The Hall–Kier alpha value is -2.53. The van der Waals surface area contributed by atoms with E-state index in [0.717, 1.165) is 33.9 Å². The van der Waals surface area contributed by atoms with Gasteiger partial charge in [0, 0.05) is 12.2 Å². The first-order chi connectivity index (χ1) is 12.0. The highest BCUT2D eigenvalue weighted by Crippen LogP contribution is 2.31. The lowest BCUT2D eigenvalue weighted by molar-refractivity contribution is -0.117. The van der Waals surface area contributed by atoms with Crippen LogP contribution in [0.5, 0.6) is 11.5 Å². The SMILES string of the molecule is Cc1cc(C)cc(NC(=O)CN(C)Cc2ccc3c(c2)OCCO3)c1. The molecule has 2 aromatic rings. The number of carbonyl (C=O) groups excluding carboxylic acids is 1. The third-order valence-corrected chi connectivity index (χ3v) is 3.98. The first-order valence-electron chi connectivity index (χ1n) is 8.45. The molecule has 1 N–H and O–H groups in total. The van der Waals surface area contributed by atoms with Gasteiger partial charge in [-0.3, -0.25) is 9.69 Å². The van der Waals surface area contributed by atoms with E-state index in [9.17, 15) is 4.79 Å². The zero-order valence-corrected chi connectivity index (χ0v) is 15.0. The van der Waals surface area contributed by atoms with Crippen molar-refractivity contribution >= 4 is 11.6 Å². The van der Waals surface area contributed by atoms with E-state index < -0.39 is 0 Å². The fourth-order valence-corrected chi connectivity index (χ4v) is 3.05. The summed E-state index contributed by atoms with van der Waals surface area (Å²) in [5.41, 5.74) is 4.21. The van der Waals surface area contributed by atoms with Crippen LogP contribution in [0.4, 0.5) is 5.69 Å². The van der Waals surface area contributed by atoms with Gasteiger partial charge in [0.2, 0.25) is 5.91 Å². The molecule has 5 nitrogen and oxygen atoms in total. The zero-order valence-electron chi connectivity index (χ0n) is 15.0. The summed E-state index contributed by atoms with van der Waals surface area (Å²) in [6, 6.07) is 12.0. The largest absolute Gasteiger partial charge is 0.486 e. The second-order valence-electron chi connectivity index (χ2n) is 6.57. The molecule has 1 aliphatic rings. The smallest absolute Gasteiger partial charge is 0.238 e. The highest BCUT2D eigenvalue weighted by atomic mass is 16.6. The summed E-state index contributed by atoms with van der Waals surface area (Å²) in [4.78, 5) is 14.2. The van der Waals surface area contributed by atoms with E-state index in [2.05, 4.69) is 11.4 Å². The average molecular weight is 340 g/mol. The van der Waals surface area contributed by atoms with Crippen molar-refractivity contribution in [3.05, 3.63) is 53.1 Å². The minimum atomic E-state index is -0.0231. The fourth-order valence-electron chi connectivity index (χ4n) is 3.05. The normalized spacial score (nSPS) is 13.0. The van der Waals surface area contributed by atoms with Crippen LogP contribution in [-0.2, 0) is 11.3 Å². The maximum Gasteiger partial charge on any atom is 0.238 e. The molecule has 0 saturated heterocycles. The minimum Gasteiger partial charge on any atom is -0.486 e. The summed E-state index contributed by atoms with van der Waals surface area (Å²) in [6.45, 7) is 6.20. The van der Waals surface area contributed by atoms with Gasteiger partial charge in [-0.05, 0) is 61.9 Å². The van der Waals surface area contributed by atoms with Crippen molar-refractivity contribution in [1.29, 1.82) is 0 Å². The molecule has 25 heavy (non-hydrogen) atoms. The van der Waals surface area contributed by atoms with Gasteiger partial charge < -0.3 is 14.8 Å². The lowest BCUT2D eigenvalue weighted by atomic mass is 10.1. The molecule has 0 aromatic heterocycles. The van der Waals surface area contributed by atoms with Gasteiger partial charge in [0.05, 0.1) is 6.54 Å². The van der Waals surface area contributed by atoms with E-state index in [-0.39, 0.29) is 5.91 Å². The molecular formula is C20H24N2O3. The Morgan fingerprint density at radius 2 is 1.72 bits per heavy atom. The van der Waals surface area contributed by atoms with Gasteiger partial charge in [-0.1, -0.05) is 12.1 Å². The van der Waals surface area contributed by atoms with Crippen molar-refractivity contribution in [2.75, 3.05) is 32.1 Å². The van der Waals surface area contributed by atoms with Crippen molar-refractivity contribution in [3.8, 4) is 11.5 Å². The molecule has 0 saturated carbocycles. The number of benzene rings is 2. The maximum absolute atomic E-state index is 12.3. The summed E-state index contributed by atoms with van der Waals surface area (Å²) in [5, 5.41) is 2.96. The molecule has 0 bridgehead atoms. The van der Waals surface area contributed by atoms with Crippen molar-refractivity contribution in [1.82, 2.24) is 4.90 Å². The molecule has 1 heterocycles. The Labute approximate surface area is 148 Å². The maximum atomic E-state index is 12.3. The number of aryl methyl sites for hydroxylation is 2. The van der Waals surface area contributed by atoms with Crippen LogP contribution in [-0.4, -0.2) is 37.6 Å². The number of likely N-dealkylation sites (N-methyl/N-ethyl adjacent to an activating group) is 1. The fraction of sp³-hybridized carbons (Fsp3) is 0.350. The molecule has 0 atom stereocenters. The summed E-state index contributed by atoms with van der Waals surface area (Å²) in [6.07, 6.45) is 0. The van der Waals surface area contributed by atoms with E-state index >= 15 is 0 Å². The minimum absolute atomic E-state index is 0.0231. The summed E-state index contributed by atoms with van der Waals surface area (Å²) < 4.78 is 11.1. The van der Waals surface area contributed by atoms with Gasteiger partial charge in [-0.15, -0.1) is 0 Å². The number of rotatable bonds is 5. The average Bonchev–Trinajstić information content (AvgIpc) is 2.53. The Bertz CT molecular complexity index is 753. The molecule has 5 heteroatoms. The topological polar surface area (TPSA) is 50.8 Å². The van der Waals surface area contributed by atoms with E-state index in [1.165, 1.54) is 0 Å². The first-order valence-corrected chi connectivity index (χ1v) is 8.45. The van der Waals surface area contributed by atoms with Gasteiger partial charge in [0.1, 0.15) is 13.2 Å². The van der Waals surface area contributed by atoms with Crippen LogP contribution in [0.1, 0.15) is 16.7 Å². The third kappa shape index (κ3) is 4.73. The predicted octanol–water partition coefficient (Wildman–Crippen LogP) is 3.15. The molecule has 3 rings (SSSR count). The van der Waals surface area contributed by atoms with Crippen LogP contribution in [0, 0.1) is 13.8 Å². The summed E-state index contributed by atoms with van der Waals surface area (Å²) in [5.74, 6) is 1.53. The Morgan fingerprint density at radius 3 is 2.44 bits per heavy atom. The van der Waals surface area contributed by atoms with E-state index in [1.807, 2.05) is 56.1 Å². The van der Waals surface area contributed by atoms with Crippen LogP contribution in [0.3, 0.4) is 0 Å². The number of fused-ring (bicyclic) bond motifs is 1. The predicted molar refractivity (Wildman–Crippen MR) is 98.3 cm³/mol. The number of hydrogen-bond donors (Lipinski definition) is 1. The van der Waals surface area contributed by atoms with Gasteiger partial charge in [0.15, 0.2) is 11.5 Å². The van der Waals surface area contributed by atoms with Crippen molar-refractivity contribution in [2.45, 2.75) is 20.4 Å². The number of hydrogen-bond acceptors (Lipinski definition) is 4. The standard InChI is InChI=1S/C20H24N2O3/c1-14-8-15(2)10-17(9-14)21-20(23)13-22(3)12-16-4-5-18-19(11-16)25-7-6-24-18/h4-5,8-11H,6-7,12-13H2,1-3H3,(H,21,23). The number of nitrogens with zero attached hydrogens (tertiary/aromatic N) is 1. The molecule has 2 aromatic carbocycles. The number of ether oxygens (including phenoxy) is 2. The van der Waals surface area contributed by atoms with Crippen molar-refractivity contribution < 1.29 is 14.3 Å². The lowest BCUT2D eigenvalue weighted by Crippen LogP contribution is -2.30. The third-order valence-electron chi connectivity index (χ3n) is 3.98. The second kappa shape index (κ2) is 7.57. The molecule has 0 radical (unpaired) electrons. The first kappa shape index (κ1) is 17.3. The number of anilines is 1. The second-order valence-corrected chi connectivity index (χ2v) is 6.57. The van der Waals surface area contributed by atoms with E-state index in [0.29, 0.717) is 26.3 Å². The lowest BCUT2D eigenvalue weighted by Gasteiger charge is -2.21. The molecule has 132 valence electrons. The van der Waals surface area contributed by atoms with Gasteiger partial charge in [-0.25, -0.2) is 0 Å². The van der Waals surface area contributed by atoms with Crippen molar-refractivity contribution in [2.24, 2.45) is 0 Å². The van der Waals surface area contributed by atoms with Crippen LogP contribution >= 0.6 is 0 Å². The zero-order chi connectivity index (χ0) is 17.8. The van der Waals surface area contributed by atoms with Crippen molar-refractivity contribution in [3.63, 3.8) is 0 Å². The molecular weight excluding hydrogens is 316 g/mol. The Morgan fingerprint density at radius 1 is 1.04 bits per heavy atom. The number of carbonyl (C=O) groups is 1. The van der Waals surface area contributed by atoms with Crippen LogP contribution in [0.25, 0.3) is 0 Å². The summed E-state index contributed by atoms with van der Waals surface area (Å²) >= 11 is 0. The van der Waals surface area contributed by atoms with Crippen LogP contribution in [0.15, 0.2) is 36.4 Å². The van der Waals surface area contributed by atoms with Gasteiger partial charge in [-0.2, -0.15) is 0 Å². The summed E-state index contributed by atoms with van der Waals surface area (Å²) in [7, 11) is 1.93. The van der Waals surface area contributed by atoms with Gasteiger partial charge in [0.25, 0.3) is 0 Å². The van der Waals surface area contributed by atoms with Crippen LogP contribution < -0.4 is 14.8 Å². The molecule has 1 aliphatic heterocycles. The number of amides is 1. The molecule has 0 spiro atoms. The Kier molecular flexibility index (Phi) is 5.24. The number of nitrogens with one attached hydrogen (secondary N) is 1. The monoisotopic (exact) mass is 340 g/mol. The quantitative estimate of drug-likeness (QED) is 0.908. The Balaban J connectivity index is 1.56. The molecule has 1 amide bonds. The molecule has 0 unspecified atom stereocenters.